The lowest BCUT2D eigenvalue weighted by Gasteiger charge is -2.34. The smallest absolute Gasteiger partial charge is 0.234 e. The van der Waals surface area contributed by atoms with E-state index >= 15 is 0 Å². The first-order valence-corrected chi connectivity index (χ1v) is 7.06. The van der Waals surface area contributed by atoms with Crippen LogP contribution in [0.25, 0.3) is 0 Å². The Bertz CT molecular complexity index is 221. The van der Waals surface area contributed by atoms with E-state index in [0.29, 0.717) is 13.1 Å². The lowest BCUT2D eigenvalue weighted by Crippen LogP contribution is -2.40. The molecule has 0 saturated heterocycles. The average Bonchev–Trinajstić information content (AvgIpc) is 2.16. The van der Waals surface area contributed by atoms with Crippen molar-refractivity contribution in [1.82, 2.24) is 4.31 Å². The first-order chi connectivity index (χ1) is 7.13. The molecule has 0 heterocycles. The third-order valence-corrected chi connectivity index (χ3v) is 4.04. The zero-order valence-electron chi connectivity index (χ0n) is 11.5. The highest BCUT2D eigenvalue weighted by Gasteiger charge is 2.27. The molecule has 4 heteroatoms. The summed E-state index contributed by atoms with van der Waals surface area (Å²) in [7, 11) is 0. The van der Waals surface area contributed by atoms with Crippen LogP contribution >= 0.6 is 0 Å². The monoisotopic (exact) mass is 249 g/mol. The van der Waals surface area contributed by atoms with Gasteiger partial charge in [-0.1, -0.05) is 41.5 Å². The zero-order chi connectivity index (χ0) is 13.0. The van der Waals surface area contributed by atoms with Crippen molar-refractivity contribution in [3.05, 3.63) is 0 Å². The molecule has 0 aliphatic carbocycles. The first kappa shape index (κ1) is 16.1. The molecule has 0 aromatic rings. The van der Waals surface area contributed by atoms with Crippen molar-refractivity contribution in [1.29, 1.82) is 0 Å². The summed E-state index contributed by atoms with van der Waals surface area (Å²) in [4.78, 5) is 0. The van der Waals surface area contributed by atoms with E-state index in [-0.39, 0.29) is 10.8 Å². The van der Waals surface area contributed by atoms with Crippen molar-refractivity contribution < 1.29 is 8.76 Å². The molecule has 0 bridgehead atoms. The molecule has 0 aromatic heterocycles. The zero-order valence-corrected chi connectivity index (χ0v) is 12.4. The van der Waals surface area contributed by atoms with Crippen molar-refractivity contribution in [2.24, 2.45) is 10.8 Å². The molecule has 98 valence electrons. The van der Waals surface area contributed by atoms with Gasteiger partial charge in [0.15, 0.2) is 0 Å². The Balaban J connectivity index is 4.59. The SMILES string of the molecule is CCC(C)(C)CN(CC(C)(C)CC)S(=O)O. The summed E-state index contributed by atoms with van der Waals surface area (Å²) in [5.41, 5.74) is 0.171. The Hall–Kier alpha value is 0.0700. The maximum atomic E-state index is 11.3. The van der Waals surface area contributed by atoms with Crippen LogP contribution in [-0.4, -0.2) is 26.2 Å². The Morgan fingerprint density at radius 2 is 1.31 bits per heavy atom. The van der Waals surface area contributed by atoms with Crippen molar-refractivity contribution >= 4 is 11.3 Å². The quantitative estimate of drug-likeness (QED) is 0.703. The minimum Gasteiger partial charge on any atom is -0.294 e. The lowest BCUT2D eigenvalue weighted by molar-refractivity contribution is 0.189. The number of hydrogen-bond donors (Lipinski definition) is 1. The standard InChI is InChI=1S/C12H27NO2S/c1-7-11(3,4)9-13(16(14)15)10-12(5,6)8-2/h7-10H2,1-6H3,(H,14,15). The van der Waals surface area contributed by atoms with Crippen molar-refractivity contribution in [3.8, 4) is 0 Å². The van der Waals surface area contributed by atoms with Gasteiger partial charge in [-0.05, 0) is 23.7 Å². The fraction of sp³-hybridized carbons (Fsp3) is 1.00. The molecule has 1 unspecified atom stereocenters. The van der Waals surface area contributed by atoms with Crippen LogP contribution in [0.4, 0.5) is 0 Å². The summed E-state index contributed by atoms with van der Waals surface area (Å²) in [6, 6.07) is 0. The Morgan fingerprint density at radius 3 is 1.50 bits per heavy atom. The summed E-state index contributed by atoms with van der Waals surface area (Å²) in [6.07, 6.45) is 2.01. The summed E-state index contributed by atoms with van der Waals surface area (Å²) in [5.74, 6) is 0. The van der Waals surface area contributed by atoms with Crippen LogP contribution in [0.1, 0.15) is 54.4 Å². The highest BCUT2D eigenvalue weighted by atomic mass is 32.2. The van der Waals surface area contributed by atoms with Gasteiger partial charge in [-0.2, -0.15) is 0 Å². The summed E-state index contributed by atoms with van der Waals surface area (Å²) >= 11 is -1.87. The lowest BCUT2D eigenvalue weighted by atomic mass is 9.87. The maximum absolute atomic E-state index is 11.3. The van der Waals surface area contributed by atoms with Gasteiger partial charge in [0, 0.05) is 13.1 Å². The second kappa shape index (κ2) is 6.12. The molecule has 0 aliphatic heterocycles. The van der Waals surface area contributed by atoms with Gasteiger partial charge >= 0.3 is 0 Å². The third-order valence-electron chi connectivity index (χ3n) is 3.34. The minimum absolute atomic E-state index is 0.0855. The Labute approximate surface area is 103 Å². The van der Waals surface area contributed by atoms with Gasteiger partial charge in [-0.15, -0.1) is 0 Å². The van der Waals surface area contributed by atoms with Gasteiger partial charge < -0.3 is 0 Å². The molecule has 0 saturated carbocycles. The predicted octanol–water partition coefficient (Wildman–Crippen LogP) is 3.30. The van der Waals surface area contributed by atoms with E-state index in [9.17, 15) is 8.76 Å². The van der Waals surface area contributed by atoms with Crippen molar-refractivity contribution in [2.45, 2.75) is 54.4 Å². The van der Waals surface area contributed by atoms with Crippen LogP contribution in [0.3, 0.4) is 0 Å². The van der Waals surface area contributed by atoms with Crippen molar-refractivity contribution in [3.63, 3.8) is 0 Å². The molecule has 0 rings (SSSR count). The summed E-state index contributed by atoms with van der Waals surface area (Å²) < 4.78 is 22.3. The predicted molar refractivity (Wildman–Crippen MR) is 70.5 cm³/mol. The fourth-order valence-electron chi connectivity index (χ4n) is 1.34. The molecule has 16 heavy (non-hydrogen) atoms. The van der Waals surface area contributed by atoms with Crippen molar-refractivity contribution in [2.75, 3.05) is 13.1 Å². The van der Waals surface area contributed by atoms with E-state index in [4.69, 9.17) is 0 Å². The van der Waals surface area contributed by atoms with Crippen LogP contribution in [0.5, 0.6) is 0 Å². The summed E-state index contributed by atoms with van der Waals surface area (Å²) in [5, 5.41) is 0. The Kier molecular flexibility index (Phi) is 6.15. The molecule has 1 N–H and O–H groups in total. The van der Waals surface area contributed by atoms with Crippen LogP contribution < -0.4 is 0 Å². The molecular weight excluding hydrogens is 222 g/mol. The van der Waals surface area contributed by atoms with E-state index in [2.05, 4.69) is 41.5 Å². The fourth-order valence-corrected chi connectivity index (χ4v) is 2.26. The van der Waals surface area contributed by atoms with Gasteiger partial charge in [0.1, 0.15) is 0 Å². The van der Waals surface area contributed by atoms with E-state index in [0.717, 1.165) is 12.8 Å². The molecule has 0 aliphatic rings. The van der Waals surface area contributed by atoms with Gasteiger partial charge in [0.2, 0.25) is 11.3 Å². The normalized spacial score (nSPS) is 15.5. The van der Waals surface area contributed by atoms with Crippen LogP contribution in [0.2, 0.25) is 0 Å². The van der Waals surface area contributed by atoms with E-state index in [1.165, 1.54) is 0 Å². The van der Waals surface area contributed by atoms with Gasteiger partial charge in [-0.3, -0.25) is 4.55 Å². The average molecular weight is 249 g/mol. The van der Waals surface area contributed by atoms with Crippen LogP contribution in [0.15, 0.2) is 0 Å². The molecule has 0 spiro atoms. The molecule has 0 aromatic carbocycles. The number of rotatable bonds is 7. The minimum atomic E-state index is -1.87. The number of nitrogens with zero attached hydrogens (tertiary/aromatic N) is 1. The molecule has 3 nitrogen and oxygen atoms in total. The first-order valence-electron chi connectivity index (χ1n) is 5.99. The third kappa shape index (κ3) is 5.97. The largest absolute Gasteiger partial charge is 0.294 e. The van der Waals surface area contributed by atoms with E-state index < -0.39 is 11.3 Å². The summed E-state index contributed by atoms with van der Waals surface area (Å²) in [6.45, 7) is 14.1. The highest BCUT2D eigenvalue weighted by molar-refractivity contribution is 7.76. The van der Waals surface area contributed by atoms with Crippen LogP contribution in [0, 0.1) is 10.8 Å². The molecule has 0 amide bonds. The second-order valence-electron chi connectivity index (χ2n) is 6.06. The molecule has 0 fully saturated rings. The highest BCUT2D eigenvalue weighted by Crippen LogP contribution is 2.26. The molecular formula is C12H27NO2S. The van der Waals surface area contributed by atoms with Gasteiger partial charge in [0.05, 0.1) is 0 Å². The molecule has 0 radical (unpaired) electrons. The van der Waals surface area contributed by atoms with Crippen LogP contribution in [-0.2, 0) is 11.3 Å². The van der Waals surface area contributed by atoms with Gasteiger partial charge in [0.25, 0.3) is 0 Å². The topological polar surface area (TPSA) is 40.5 Å². The second-order valence-corrected chi connectivity index (χ2v) is 7.04. The van der Waals surface area contributed by atoms with E-state index in [1.54, 1.807) is 4.31 Å². The van der Waals surface area contributed by atoms with E-state index in [1.807, 2.05) is 0 Å². The Morgan fingerprint density at radius 1 is 1.00 bits per heavy atom. The maximum Gasteiger partial charge on any atom is 0.234 e. The number of hydrogen-bond acceptors (Lipinski definition) is 1. The van der Waals surface area contributed by atoms with Gasteiger partial charge in [-0.25, -0.2) is 8.51 Å². The molecule has 1 atom stereocenters.